The lowest BCUT2D eigenvalue weighted by Crippen LogP contribution is -2.35. The number of para-hydroxylation sites is 1. The molecule has 2 aromatic carbocycles. The molecule has 0 aromatic heterocycles. The standard InChI is InChI=1S/C18H21NO3S/c1-15-7-3-4-8-18(15)22-16-9-11-17(12-10-16)23(20,21)19-13-5-2-6-14-19/h3-4,7-12H,2,5-6,13-14H2,1H3. The lowest BCUT2D eigenvalue weighted by Gasteiger charge is -2.25. The molecule has 0 radical (unpaired) electrons. The van der Waals surface area contributed by atoms with Gasteiger partial charge in [-0.15, -0.1) is 0 Å². The molecule has 0 N–H and O–H groups in total. The molecule has 0 atom stereocenters. The zero-order valence-electron chi connectivity index (χ0n) is 13.2. The van der Waals surface area contributed by atoms with E-state index in [1.54, 1.807) is 28.6 Å². The van der Waals surface area contributed by atoms with Crippen molar-refractivity contribution in [1.29, 1.82) is 0 Å². The molecule has 1 aliphatic heterocycles. The van der Waals surface area contributed by atoms with Crippen LogP contribution in [0.5, 0.6) is 11.5 Å². The highest BCUT2D eigenvalue weighted by atomic mass is 32.2. The molecule has 122 valence electrons. The fourth-order valence-electron chi connectivity index (χ4n) is 2.73. The second-order valence-corrected chi connectivity index (χ2v) is 7.74. The number of hydrogen-bond acceptors (Lipinski definition) is 3. The average molecular weight is 331 g/mol. The number of ether oxygens (including phenoxy) is 1. The Labute approximate surface area is 137 Å². The van der Waals surface area contributed by atoms with Crippen LogP contribution in [0.4, 0.5) is 0 Å². The molecule has 0 spiro atoms. The smallest absolute Gasteiger partial charge is 0.243 e. The van der Waals surface area contributed by atoms with Crippen LogP contribution in [0.2, 0.25) is 0 Å². The zero-order valence-corrected chi connectivity index (χ0v) is 14.1. The largest absolute Gasteiger partial charge is 0.457 e. The third-order valence-electron chi connectivity index (χ3n) is 4.10. The second kappa shape index (κ2) is 6.72. The number of rotatable bonds is 4. The van der Waals surface area contributed by atoms with Gasteiger partial charge in [0, 0.05) is 13.1 Å². The van der Waals surface area contributed by atoms with Gasteiger partial charge in [-0.1, -0.05) is 24.6 Å². The van der Waals surface area contributed by atoms with Crippen molar-refractivity contribution in [3.63, 3.8) is 0 Å². The zero-order chi connectivity index (χ0) is 16.3. The van der Waals surface area contributed by atoms with Gasteiger partial charge in [0.1, 0.15) is 11.5 Å². The van der Waals surface area contributed by atoms with Crippen LogP contribution < -0.4 is 4.74 Å². The molecule has 1 saturated heterocycles. The summed E-state index contributed by atoms with van der Waals surface area (Å²) in [5, 5.41) is 0. The summed E-state index contributed by atoms with van der Waals surface area (Å²) in [5.74, 6) is 1.41. The van der Waals surface area contributed by atoms with Crippen LogP contribution >= 0.6 is 0 Å². The summed E-state index contributed by atoms with van der Waals surface area (Å²) in [6, 6.07) is 14.4. The third-order valence-corrected chi connectivity index (χ3v) is 6.01. The highest BCUT2D eigenvalue weighted by Gasteiger charge is 2.25. The lowest BCUT2D eigenvalue weighted by atomic mass is 10.2. The minimum absolute atomic E-state index is 0.330. The Hall–Kier alpha value is -1.85. The molecule has 5 heteroatoms. The van der Waals surface area contributed by atoms with Gasteiger partial charge >= 0.3 is 0 Å². The van der Waals surface area contributed by atoms with Gasteiger partial charge in [-0.25, -0.2) is 8.42 Å². The Morgan fingerprint density at radius 2 is 1.57 bits per heavy atom. The molecule has 0 unspecified atom stereocenters. The van der Waals surface area contributed by atoms with Gasteiger partial charge < -0.3 is 4.74 Å². The van der Waals surface area contributed by atoms with Crippen molar-refractivity contribution >= 4 is 10.0 Å². The number of nitrogens with zero attached hydrogens (tertiary/aromatic N) is 1. The molecule has 2 aromatic rings. The molecule has 23 heavy (non-hydrogen) atoms. The molecule has 1 heterocycles. The van der Waals surface area contributed by atoms with Crippen molar-refractivity contribution in [1.82, 2.24) is 4.31 Å². The van der Waals surface area contributed by atoms with E-state index in [0.717, 1.165) is 30.6 Å². The van der Waals surface area contributed by atoms with E-state index in [9.17, 15) is 8.42 Å². The maximum absolute atomic E-state index is 12.6. The highest BCUT2D eigenvalue weighted by molar-refractivity contribution is 7.89. The van der Waals surface area contributed by atoms with Crippen LogP contribution in [0, 0.1) is 6.92 Å². The number of sulfonamides is 1. The average Bonchev–Trinajstić information content (AvgIpc) is 2.58. The minimum atomic E-state index is -3.38. The monoisotopic (exact) mass is 331 g/mol. The summed E-state index contributed by atoms with van der Waals surface area (Å²) in [6.07, 6.45) is 2.98. The van der Waals surface area contributed by atoms with Gasteiger partial charge in [-0.05, 0) is 55.7 Å². The Morgan fingerprint density at radius 3 is 2.22 bits per heavy atom. The lowest BCUT2D eigenvalue weighted by molar-refractivity contribution is 0.346. The number of hydrogen-bond donors (Lipinski definition) is 0. The Kier molecular flexibility index (Phi) is 4.68. The normalized spacial score (nSPS) is 16.2. The quantitative estimate of drug-likeness (QED) is 0.852. The van der Waals surface area contributed by atoms with Crippen LogP contribution in [0.1, 0.15) is 24.8 Å². The van der Waals surface area contributed by atoms with E-state index < -0.39 is 10.0 Å². The number of benzene rings is 2. The molecule has 3 rings (SSSR count). The Bertz CT molecular complexity index is 763. The van der Waals surface area contributed by atoms with E-state index in [1.165, 1.54) is 0 Å². The van der Waals surface area contributed by atoms with Gasteiger partial charge in [0.15, 0.2) is 0 Å². The van der Waals surface area contributed by atoms with Crippen molar-refractivity contribution < 1.29 is 13.2 Å². The van der Waals surface area contributed by atoms with E-state index in [-0.39, 0.29) is 0 Å². The van der Waals surface area contributed by atoms with Crippen molar-refractivity contribution in [2.45, 2.75) is 31.1 Å². The van der Waals surface area contributed by atoms with Crippen LogP contribution in [-0.4, -0.2) is 25.8 Å². The van der Waals surface area contributed by atoms with Crippen molar-refractivity contribution in [3.8, 4) is 11.5 Å². The first-order chi connectivity index (χ1) is 11.1. The Balaban J connectivity index is 1.78. The summed E-state index contributed by atoms with van der Waals surface area (Å²) in [4.78, 5) is 0.330. The fourth-order valence-corrected chi connectivity index (χ4v) is 4.25. The maximum atomic E-state index is 12.6. The van der Waals surface area contributed by atoms with E-state index in [2.05, 4.69) is 0 Å². The number of piperidine rings is 1. The van der Waals surface area contributed by atoms with Crippen LogP contribution in [-0.2, 0) is 10.0 Å². The first-order valence-electron chi connectivity index (χ1n) is 7.91. The van der Waals surface area contributed by atoms with Gasteiger partial charge in [-0.3, -0.25) is 0 Å². The molecule has 1 fully saturated rings. The molecular weight excluding hydrogens is 310 g/mol. The van der Waals surface area contributed by atoms with Crippen molar-refractivity contribution in [2.24, 2.45) is 0 Å². The molecule has 0 aliphatic carbocycles. The SMILES string of the molecule is Cc1ccccc1Oc1ccc(S(=O)(=O)N2CCCCC2)cc1. The first kappa shape index (κ1) is 16.0. The first-order valence-corrected chi connectivity index (χ1v) is 9.35. The van der Waals surface area contributed by atoms with E-state index in [1.807, 2.05) is 31.2 Å². The molecule has 0 saturated carbocycles. The molecule has 0 amide bonds. The van der Waals surface area contributed by atoms with E-state index in [4.69, 9.17) is 4.74 Å². The van der Waals surface area contributed by atoms with Gasteiger partial charge in [-0.2, -0.15) is 4.31 Å². The van der Waals surface area contributed by atoms with Crippen LogP contribution in [0.25, 0.3) is 0 Å². The highest BCUT2D eigenvalue weighted by Crippen LogP contribution is 2.27. The van der Waals surface area contributed by atoms with Crippen molar-refractivity contribution in [2.75, 3.05) is 13.1 Å². The van der Waals surface area contributed by atoms with E-state index in [0.29, 0.717) is 23.7 Å². The molecular formula is C18H21NO3S. The van der Waals surface area contributed by atoms with Crippen LogP contribution in [0.3, 0.4) is 0 Å². The van der Waals surface area contributed by atoms with E-state index >= 15 is 0 Å². The summed E-state index contributed by atoms with van der Waals surface area (Å²) in [7, 11) is -3.38. The summed E-state index contributed by atoms with van der Waals surface area (Å²) in [5.41, 5.74) is 1.04. The maximum Gasteiger partial charge on any atom is 0.243 e. The topological polar surface area (TPSA) is 46.6 Å². The molecule has 4 nitrogen and oxygen atoms in total. The Morgan fingerprint density at radius 1 is 0.913 bits per heavy atom. The van der Waals surface area contributed by atoms with Gasteiger partial charge in [0.25, 0.3) is 0 Å². The van der Waals surface area contributed by atoms with Crippen LogP contribution in [0.15, 0.2) is 53.4 Å². The van der Waals surface area contributed by atoms with Crippen molar-refractivity contribution in [3.05, 3.63) is 54.1 Å². The third kappa shape index (κ3) is 3.57. The predicted molar refractivity (Wildman–Crippen MR) is 90.3 cm³/mol. The molecule has 1 aliphatic rings. The summed E-state index contributed by atoms with van der Waals surface area (Å²) < 4.78 is 32.6. The minimum Gasteiger partial charge on any atom is -0.457 e. The number of aryl methyl sites for hydroxylation is 1. The van der Waals surface area contributed by atoms with Gasteiger partial charge in [0.05, 0.1) is 4.90 Å². The fraction of sp³-hybridized carbons (Fsp3) is 0.333. The summed E-state index contributed by atoms with van der Waals surface area (Å²) >= 11 is 0. The predicted octanol–water partition coefficient (Wildman–Crippen LogP) is 3.96. The second-order valence-electron chi connectivity index (χ2n) is 5.80. The molecule has 0 bridgehead atoms. The summed E-state index contributed by atoms with van der Waals surface area (Å²) in [6.45, 7) is 3.21. The van der Waals surface area contributed by atoms with Gasteiger partial charge in [0.2, 0.25) is 10.0 Å².